The Balaban J connectivity index is 1.28. The predicted molar refractivity (Wildman–Crippen MR) is 154 cm³/mol. The summed E-state index contributed by atoms with van der Waals surface area (Å²) in [5.74, 6) is -3.74. The number of nitrogens with one attached hydrogen (secondary N) is 1. The number of nitrogens with two attached hydrogens (primary N) is 1. The van der Waals surface area contributed by atoms with Crippen LogP contribution in [0.2, 0.25) is 0 Å². The molecule has 42 heavy (non-hydrogen) atoms. The lowest BCUT2D eigenvalue weighted by Crippen LogP contribution is -2.71. The lowest BCUT2D eigenvalue weighted by Gasteiger charge is -2.49. The van der Waals surface area contributed by atoms with Crippen LogP contribution in [0.1, 0.15) is 29.0 Å². The molecule has 0 aromatic carbocycles. The van der Waals surface area contributed by atoms with Crippen molar-refractivity contribution in [1.29, 1.82) is 0 Å². The highest BCUT2D eigenvalue weighted by molar-refractivity contribution is 8.02. The summed E-state index contributed by atoms with van der Waals surface area (Å²) in [6, 6.07) is -1.07. The van der Waals surface area contributed by atoms with Crippen LogP contribution < -0.4 is 11.1 Å². The van der Waals surface area contributed by atoms with E-state index in [0.717, 1.165) is 29.1 Å². The first-order valence-electron chi connectivity index (χ1n) is 12.3. The summed E-state index contributed by atoms with van der Waals surface area (Å²) in [5, 5.41) is 25.8. The number of β-lactam (4-membered cyclic amide) rings is 1. The lowest BCUT2D eigenvalue weighted by molar-refractivity contribution is -0.150. The first kappa shape index (κ1) is 29.8. The maximum Gasteiger partial charge on any atom is 0.352 e. The fraction of sp³-hybridized carbons (Fsp3) is 0.391. The van der Waals surface area contributed by atoms with Crippen molar-refractivity contribution < 1.29 is 39.0 Å². The Morgan fingerprint density at radius 2 is 1.98 bits per heavy atom. The van der Waals surface area contributed by atoms with E-state index in [1.807, 2.05) is 0 Å². The number of aliphatic carboxylic acids is 2. The van der Waals surface area contributed by atoms with E-state index in [0.29, 0.717) is 28.6 Å². The second kappa shape index (κ2) is 12.7. The number of nitrogens with zero attached hydrogens (tertiary/aromatic N) is 5. The number of nitrogen functional groups attached to an aromatic ring is 1. The van der Waals surface area contributed by atoms with Gasteiger partial charge in [0.25, 0.3) is 17.7 Å². The number of rotatable bonds is 11. The average Bonchev–Trinajstić information content (AvgIpc) is 3.74. The molecule has 0 saturated carbocycles. The predicted octanol–water partition coefficient (Wildman–Crippen LogP) is 0.754. The standard InChI is InChI=1S/C23H23N7O8S4/c24-23-26-11(8-41-23)13(28-38-5-12(31)32)17(33)27-14-19(35)30-16(21(36)37)10(6-39-20(14)30)7-40-22-15(25-9-42-22)18(34)29-3-1-2-4-29/h8-9,14,20H,1-7H2,(H2,24,26)(H,27,33)(H,31,32)(H,36,37)/t14?,20-/m0/s1. The van der Waals surface area contributed by atoms with Crippen molar-refractivity contribution in [2.24, 2.45) is 5.16 Å². The van der Waals surface area contributed by atoms with Crippen LogP contribution in [0.25, 0.3) is 0 Å². The largest absolute Gasteiger partial charge is 0.479 e. The topological polar surface area (TPSA) is 218 Å². The van der Waals surface area contributed by atoms with Crippen molar-refractivity contribution in [2.75, 3.05) is 36.9 Å². The van der Waals surface area contributed by atoms with Gasteiger partial charge in [0.05, 0.1) is 9.72 Å². The summed E-state index contributed by atoms with van der Waals surface area (Å²) in [5.41, 5.74) is 7.55. The van der Waals surface area contributed by atoms with Gasteiger partial charge in [-0.25, -0.2) is 19.6 Å². The van der Waals surface area contributed by atoms with Crippen LogP contribution >= 0.6 is 46.2 Å². The number of aromatic nitrogens is 2. The molecular weight excluding hydrogens is 631 g/mol. The van der Waals surface area contributed by atoms with Crippen molar-refractivity contribution in [3.05, 3.63) is 33.5 Å². The van der Waals surface area contributed by atoms with E-state index >= 15 is 0 Å². The van der Waals surface area contributed by atoms with E-state index in [-0.39, 0.29) is 39.6 Å². The molecule has 1 unspecified atom stereocenters. The Morgan fingerprint density at radius 3 is 2.64 bits per heavy atom. The van der Waals surface area contributed by atoms with Gasteiger partial charge < -0.3 is 31.0 Å². The Labute approximate surface area is 254 Å². The Hall–Kier alpha value is -3.68. The van der Waals surface area contributed by atoms with Gasteiger partial charge in [0, 0.05) is 30.0 Å². The number of thioether (sulfide) groups is 2. The van der Waals surface area contributed by atoms with Crippen LogP contribution in [0, 0.1) is 0 Å². The molecule has 5 N–H and O–H groups in total. The van der Waals surface area contributed by atoms with E-state index in [1.165, 1.54) is 40.2 Å². The zero-order valence-electron chi connectivity index (χ0n) is 21.5. The fourth-order valence-corrected chi connectivity index (χ4v) is 8.39. The zero-order chi connectivity index (χ0) is 30.0. The summed E-state index contributed by atoms with van der Waals surface area (Å²) in [6.07, 6.45) is 1.89. The average molecular weight is 654 g/mol. The number of carboxylic acids is 2. The van der Waals surface area contributed by atoms with E-state index in [2.05, 4.69) is 20.4 Å². The second-order valence-electron chi connectivity index (χ2n) is 9.07. The van der Waals surface area contributed by atoms with E-state index < -0.39 is 41.8 Å². The number of carbonyl (C=O) groups excluding carboxylic acids is 3. The fourth-order valence-electron chi connectivity index (χ4n) is 4.46. The van der Waals surface area contributed by atoms with Crippen molar-refractivity contribution in [2.45, 2.75) is 28.5 Å². The third-order valence-corrected chi connectivity index (χ3v) is 10.6. The molecule has 3 aliphatic rings. The molecule has 2 aromatic heterocycles. The summed E-state index contributed by atoms with van der Waals surface area (Å²) < 4.78 is 0.677. The quantitative estimate of drug-likeness (QED) is 0.114. The number of carboxylic acid groups (broad SMARTS) is 2. The molecule has 2 fully saturated rings. The molecule has 3 amide bonds. The maximum atomic E-state index is 13.1. The first-order valence-corrected chi connectivity index (χ1v) is 16.1. The number of oxime groups is 1. The van der Waals surface area contributed by atoms with Gasteiger partial charge in [0.15, 0.2) is 16.5 Å². The number of likely N-dealkylation sites (tertiary alicyclic amines) is 1. The third kappa shape index (κ3) is 6.08. The van der Waals surface area contributed by atoms with Crippen molar-refractivity contribution >= 4 is 86.7 Å². The van der Waals surface area contributed by atoms with E-state index in [1.54, 1.807) is 10.4 Å². The van der Waals surface area contributed by atoms with Crippen LogP contribution in [0.15, 0.2) is 31.5 Å². The molecule has 5 heterocycles. The van der Waals surface area contributed by atoms with Crippen molar-refractivity contribution in [1.82, 2.24) is 25.1 Å². The van der Waals surface area contributed by atoms with Gasteiger partial charge in [-0.05, 0) is 18.4 Å². The van der Waals surface area contributed by atoms with Crippen LogP contribution in [-0.4, -0.2) is 108 Å². The lowest BCUT2D eigenvalue weighted by atomic mass is 10.0. The third-order valence-electron chi connectivity index (χ3n) is 6.37. The van der Waals surface area contributed by atoms with Crippen molar-refractivity contribution in [3.63, 3.8) is 0 Å². The molecule has 5 rings (SSSR count). The maximum absolute atomic E-state index is 13.1. The molecule has 2 aromatic rings. The van der Waals surface area contributed by atoms with E-state index in [9.17, 15) is 29.1 Å². The molecule has 2 atom stereocenters. The number of amides is 3. The van der Waals surface area contributed by atoms with Crippen LogP contribution in [-0.2, 0) is 24.0 Å². The zero-order valence-corrected chi connectivity index (χ0v) is 24.8. The van der Waals surface area contributed by atoms with Gasteiger partial charge in [-0.1, -0.05) is 5.16 Å². The normalized spacial score (nSPS) is 20.3. The monoisotopic (exact) mass is 653 g/mol. The minimum absolute atomic E-state index is 0.0244. The Morgan fingerprint density at radius 1 is 1.21 bits per heavy atom. The Bertz CT molecular complexity index is 1500. The van der Waals surface area contributed by atoms with Crippen LogP contribution in [0.3, 0.4) is 0 Å². The number of thiazole rings is 2. The number of carbonyl (C=O) groups is 5. The summed E-state index contributed by atoms with van der Waals surface area (Å²) in [6.45, 7) is 0.554. The molecular formula is C23H23N7O8S4. The van der Waals surface area contributed by atoms with Gasteiger partial charge in [-0.2, -0.15) is 0 Å². The summed E-state index contributed by atoms with van der Waals surface area (Å²) >= 11 is 4.90. The number of hydrogen-bond acceptors (Lipinski definition) is 14. The molecule has 0 aliphatic carbocycles. The van der Waals surface area contributed by atoms with Gasteiger partial charge >= 0.3 is 11.9 Å². The SMILES string of the molecule is Nc1nc(C(=NOCC(=O)O)C(=O)NC2C(=O)N3C(C(=O)O)=C(CSc4scnc4C(=O)N4CCCC4)CS[C@@H]23)cs1. The molecule has 2 saturated heterocycles. The van der Waals surface area contributed by atoms with Gasteiger partial charge in [-0.15, -0.1) is 46.2 Å². The highest BCUT2D eigenvalue weighted by Crippen LogP contribution is 2.42. The smallest absolute Gasteiger partial charge is 0.352 e. The molecule has 0 bridgehead atoms. The van der Waals surface area contributed by atoms with Crippen LogP contribution in [0.4, 0.5) is 5.13 Å². The van der Waals surface area contributed by atoms with Crippen molar-refractivity contribution in [3.8, 4) is 0 Å². The minimum Gasteiger partial charge on any atom is -0.479 e. The Kier molecular flexibility index (Phi) is 8.99. The molecule has 222 valence electrons. The number of hydrogen-bond donors (Lipinski definition) is 4. The van der Waals surface area contributed by atoms with Gasteiger partial charge in [0.1, 0.15) is 22.8 Å². The second-order valence-corrected chi connectivity index (χ2v) is 13.2. The highest BCUT2D eigenvalue weighted by atomic mass is 32.2. The molecule has 19 heteroatoms. The number of anilines is 1. The molecule has 3 aliphatic heterocycles. The molecule has 0 radical (unpaired) electrons. The molecule has 0 spiro atoms. The van der Waals surface area contributed by atoms with Gasteiger partial charge in [-0.3, -0.25) is 19.3 Å². The summed E-state index contributed by atoms with van der Waals surface area (Å²) in [7, 11) is 0. The highest BCUT2D eigenvalue weighted by Gasteiger charge is 2.54. The first-order chi connectivity index (χ1) is 20.2. The summed E-state index contributed by atoms with van der Waals surface area (Å²) in [4.78, 5) is 77.9. The molecule has 15 nitrogen and oxygen atoms in total. The number of fused-ring (bicyclic) bond motifs is 1. The van der Waals surface area contributed by atoms with Gasteiger partial charge in [0.2, 0.25) is 6.61 Å². The van der Waals surface area contributed by atoms with E-state index in [4.69, 9.17) is 15.7 Å². The minimum atomic E-state index is -1.31. The van der Waals surface area contributed by atoms with Crippen LogP contribution in [0.5, 0.6) is 0 Å².